The zero-order chi connectivity index (χ0) is 17.6. The molecule has 1 aromatic heterocycles. The van der Waals surface area contributed by atoms with Crippen molar-refractivity contribution in [3.05, 3.63) is 53.5 Å². The van der Waals surface area contributed by atoms with E-state index in [1.807, 2.05) is 18.2 Å². The average Bonchev–Trinajstić information content (AvgIpc) is 2.99. The second kappa shape index (κ2) is 8.17. The Balaban J connectivity index is 1.46. The summed E-state index contributed by atoms with van der Waals surface area (Å²) in [6, 6.07) is 14.2. The summed E-state index contributed by atoms with van der Waals surface area (Å²) in [5.74, 6) is 0.107. The highest BCUT2D eigenvalue weighted by Gasteiger charge is 2.05. The Labute approximate surface area is 152 Å². The van der Waals surface area contributed by atoms with E-state index in [1.165, 1.54) is 16.8 Å². The first-order chi connectivity index (χ1) is 12.1. The number of aromatic nitrogens is 1. The van der Waals surface area contributed by atoms with Crippen LogP contribution in [0, 0.1) is 0 Å². The highest BCUT2D eigenvalue weighted by atomic mass is 32.1. The van der Waals surface area contributed by atoms with Gasteiger partial charge in [-0.1, -0.05) is 12.1 Å². The fourth-order valence-electron chi connectivity index (χ4n) is 2.20. The van der Waals surface area contributed by atoms with Crippen LogP contribution < -0.4 is 15.4 Å². The topological polar surface area (TPSA) is 46.2 Å². The number of para-hydroxylation sites is 1. The second-order valence-electron chi connectivity index (χ2n) is 5.11. The van der Waals surface area contributed by atoms with Crippen molar-refractivity contribution in [1.29, 1.82) is 0 Å². The molecule has 0 aliphatic carbocycles. The quantitative estimate of drug-likeness (QED) is 0.621. The summed E-state index contributed by atoms with van der Waals surface area (Å²) < 4.78 is 29.7. The Morgan fingerprint density at radius 3 is 2.64 bits per heavy atom. The minimum Gasteiger partial charge on any atom is -0.435 e. The molecule has 3 rings (SSSR count). The number of rotatable bonds is 6. The molecule has 0 amide bonds. The van der Waals surface area contributed by atoms with Crippen LogP contribution in [0.15, 0.2) is 48.5 Å². The Morgan fingerprint density at radius 2 is 1.92 bits per heavy atom. The molecule has 3 aromatic rings. The van der Waals surface area contributed by atoms with E-state index in [0.717, 1.165) is 16.9 Å². The predicted octanol–water partition coefficient (Wildman–Crippen LogP) is 4.43. The Bertz CT molecular complexity index is 819. The smallest absolute Gasteiger partial charge is 0.387 e. The third-order valence-electron chi connectivity index (χ3n) is 3.30. The van der Waals surface area contributed by atoms with Crippen molar-refractivity contribution in [2.75, 3.05) is 11.9 Å². The third-order valence-corrected chi connectivity index (χ3v) is 4.64. The van der Waals surface area contributed by atoms with Crippen LogP contribution in [-0.2, 0) is 6.42 Å². The number of benzene rings is 2. The minimum absolute atomic E-state index is 0.107. The van der Waals surface area contributed by atoms with Crippen LogP contribution in [-0.4, -0.2) is 23.3 Å². The highest BCUT2D eigenvalue weighted by Crippen LogP contribution is 2.21. The number of hydrogen-bond donors (Lipinski definition) is 2. The van der Waals surface area contributed by atoms with E-state index in [2.05, 4.69) is 26.4 Å². The maximum atomic E-state index is 12.1. The molecule has 0 bridgehead atoms. The van der Waals surface area contributed by atoms with Gasteiger partial charge in [-0.25, -0.2) is 4.98 Å². The normalized spacial score (nSPS) is 10.8. The number of anilines is 1. The number of nitrogens with zero attached hydrogens (tertiary/aromatic N) is 1. The van der Waals surface area contributed by atoms with Gasteiger partial charge in [0.25, 0.3) is 0 Å². The van der Waals surface area contributed by atoms with Crippen LogP contribution in [0.1, 0.15) is 5.01 Å². The maximum Gasteiger partial charge on any atom is 0.387 e. The van der Waals surface area contributed by atoms with Gasteiger partial charge >= 0.3 is 6.61 Å². The molecule has 4 nitrogen and oxygen atoms in total. The SMILES string of the molecule is FC(F)Oc1ccc(NC(=S)NCCc2nc3ccccc3s2)cc1. The number of nitrogens with one attached hydrogen (secondary N) is 2. The zero-order valence-corrected chi connectivity index (χ0v) is 14.7. The van der Waals surface area contributed by atoms with Crippen LogP contribution in [0.4, 0.5) is 14.5 Å². The van der Waals surface area contributed by atoms with Gasteiger partial charge in [0, 0.05) is 18.7 Å². The minimum atomic E-state index is -2.83. The maximum absolute atomic E-state index is 12.1. The second-order valence-corrected chi connectivity index (χ2v) is 6.63. The van der Waals surface area contributed by atoms with Crippen LogP contribution in [0.2, 0.25) is 0 Å². The Kier molecular flexibility index (Phi) is 5.72. The number of fused-ring (bicyclic) bond motifs is 1. The van der Waals surface area contributed by atoms with E-state index in [1.54, 1.807) is 23.5 Å². The lowest BCUT2D eigenvalue weighted by molar-refractivity contribution is -0.0498. The van der Waals surface area contributed by atoms with Crippen LogP contribution >= 0.6 is 23.6 Å². The number of hydrogen-bond acceptors (Lipinski definition) is 4. The summed E-state index contributed by atoms with van der Waals surface area (Å²) in [6.07, 6.45) is 0.766. The van der Waals surface area contributed by atoms with Crippen molar-refractivity contribution in [2.45, 2.75) is 13.0 Å². The van der Waals surface area contributed by atoms with Crippen LogP contribution in [0.25, 0.3) is 10.2 Å². The number of thiocarbonyl (C=S) groups is 1. The molecule has 0 saturated carbocycles. The Hall–Kier alpha value is -2.32. The molecule has 2 aromatic carbocycles. The van der Waals surface area contributed by atoms with Crippen LogP contribution in [0.3, 0.4) is 0 Å². The standard InChI is InChI=1S/C17H15F2N3OS2/c18-16(19)23-12-7-5-11(6-8-12)21-17(24)20-10-9-15-22-13-3-1-2-4-14(13)25-15/h1-8,16H,9-10H2,(H2,20,21,24). The van der Waals surface area contributed by atoms with E-state index in [4.69, 9.17) is 12.2 Å². The van der Waals surface area contributed by atoms with Gasteiger partial charge in [-0.15, -0.1) is 11.3 Å². The van der Waals surface area contributed by atoms with Gasteiger partial charge in [0.15, 0.2) is 5.11 Å². The molecule has 1 heterocycles. The van der Waals surface area contributed by atoms with E-state index in [-0.39, 0.29) is 5.75 Å². The summed E-state index contributed by atoms with van der Waals surface area (Å²) in [7, 11) is 0. The van der Waals surface area contributed by atoms with Crippen molar-refractivity contribution < 1.29 is 13.5 Å². The summed E-state index contributed by atoms with van der Waals surface area (Å²) >= 11 is 6.90. The van der Waals surface area contributed by atoms with Gasteiger partial charge in [0.05, 0.1) is 15.2 Å². The summed E-state index contributed by atoms with van der Waals surface area (Å²) in [5.41, 5.74) is 1.70. The van der Waals surface area contributed by atoms with Gasteiger partial charge in [0.2, 0.25) is 0 Å². The lowest BCUT2D eigenvalue weighted by Gasteiger charge is -2.10. The molecule has 0 atom stereocenters. The summed E-state index contributed by atoms with van der Waals surface area (Å²) in [4.78, 5) is 4.57. The fraction of sp³-hybridized carbons (Fsp3) is 0.176. The van der Waals surface area contributed by atoms with E-state index in [0.29, 0.717) is 17.3 Å². The first-order valence-electron chi connectivity index (χ1n) is 7.54. The van der Waals surface area contributed by atoms with Gasteiger partial charge in [-0.3, -0.25) is 0 Å². The average molecular weight is 379 g/mol. The predicted molar refractivity (Wildman–Crippen MR) is 101 cm³/mol. The van der Waals surface area contributed by atoms with E-state index >= 15 is 0 Å². The molecule has 2 N–H and O–H groups in total. The van der Waals surface area contributed by atoms with Crippen molar-refractivity contribution >= 4 is 44.6 Å². The van der Waals surface area contributed by atoms with Gasteiger partial charge in [0.1, 0.15) is 5.75 Å². The number of ether oxygens (including phenoxy) is 1. The monoisotopic (exact) mass is 379 g/mol. The molecule has 0 unspecified atom stereocenters. The molecule has 0 fully saturated rings. The lowest BCUT2D eigenvalue weighted by atomic mass is 10.3. The van der Waals surface area contributed by atoms with Gasteiger partial charge in [-0.2, -0.15) is 8.78 Å². The molecule has 0 aliphatic heterocycles. The van der Waals surface area contributed by atoms with Crippen molar-refractivity contribution in [2.24, 2.45) is 0 Å². The number of thiazole rings is 1. The van der Waals surface area contributed by atoms with Gasteiger partial charge in [-0.05, 0) is 48.6 Å². The zero-order valence-electron chi connectivity index (χ0n) is 13.0. The first kappa shape index (κ1) is 17.5. The molecule has 0 spiro atoms. The molecule has 8 heteroatoms. The van der Waals surface area contributed by atoms with Crippen molar-refractivity contribution in [3.8, 4) is 5.75 Å². The van der Waals surface area contributed by atoms with Crippen molar-refractivity contribution in [3.63, 3.8) is 0 Å². The number of halogens is 2. The molecular weight excluding hydrogens is 364 g/mol. The molecule has 0 aliphatic rings. The molecule has 25 heavy (non-hydrogen) atoms. The first-order valence-corrected chi connectivity index (χ1v) is 8.77. The molecule has 130 valence electrons. The largest absolute Gasteiger partial charge is 0.435 e. The molecular formula is C17H15F2N3OS2. The van der Waals surface area contributed by atoms with Crippen LogP contribution in [0.5, 0.6) is 5.75 Å². The highest BCUT2D eigenvalue weighted by molar-refractivity contribution is 7.80. The van der Waals surface area contributed by atoms with E-state index < -0.39 is 6.61 Å². The van der Waals surface area contributed by atoms with Gasteiger partial charge < -0.3 is 15.4 Å². The molecule has 0 radical (unpaired) electrons. The fourth-order valence-corrected chi connectivity index (χ4v) is 3.39. The lowest BCUT2D eigenvalue weighted by Crippen LogP contribution is -2.30. The molecule has 0 saturated heterocycles. The number of alkyl halides is 2. The summed E-state index contributed by atoms with van der Waals surface area (Å²) in [5, 5.41) is 7.61. The third kappa shape index (κ3) is 5.07. The van der Waals surface area contributed by atoms with Crippen molar-refractivity contribution in [1.82, 2.24) is 10.3 Å². The summed E-state index contributed by atoms with van der Waals surface area (Å²) in [6.45, 7) is -2.18. The Morgan fingerprint density at radius 1 is 1.16 bits per heavy atom. The van der Waals surface area contributed by atoms with E-state index in [9.17, 15) is 8.78 Å².